The van der Waals surface area contributed by atoms with Gasteiger partial charge in [0, 0.05) is 18.3 Å². The summed E-state index contributed by atoms with van der Waals surface area (Å²) in [6.45, 7) is 10.4. The maximum absolute atomic E-state index is 13.2. The number of amides is 2. The third-order valence-electron chi connectivity index (χ3n) is 5.03. The minimum absolute atomic E-state index is 0.00104. The van der Waals surface area contributed by atoms with Crippen LogP contribution >= 0.6 is 11.8 Å². The number of nitrogens with one attached hydrogen (secondary N) is 1. The van der Waals surface area contributed by atoms with Crippen LogP contribution in [-0.4, -0.2) is 34.6 Å². The highest BCUT2D eigenvalue weighted by Gasteiger charge is 2.29. The maximum atomic E-state index is 13.2. The topological polar surface area (TPSA) is 49.4 Å². The second-order valence-corrected chi connectivity index (χ2v) is 9.00. The van der Waals surface area contributed by atoms with Crippen LogP contribution in [0.3, 0.4) is 0 Å². The second kappa shape index (κ2) is 11.8. The number of aryl methyl sites for hydroxylation is 2. The van der Waals surface area contributed by atoms with E-state index in [0.717, 1.165) is 16.9 Å². The van der Waals surface area contributed by atoms with Gasteiger partial charge in [0.05, 0.1) is 5.75 Å². The fourth-order valence-electron chi connectivity index (χ4n) is 3.29. The highest BCUT2D eigenvalue weighted by atomic mass is 32.2. The SMILES string of the molecule is CC[C@@H](C(=O)NC(C)C)N(Cc1ccccc1C)C(=O)CSCc1ccc(C)cc1. The van der Waals surface area contributed by atoms with E-state index in [1.807, 2.05) is 52.0 Å². The molecule has 2 amide bonds. The van der Waals surface area contributed by atoms with Gasteiger partial charge in [0.15, 0.2) is 0 Å². The molecule has 2 aromatic carbocycles. The molecule has 1 atom stereocenters. The first-order valence-corrected chi connectivity index (χ1v) is 11.7. The summed E-state index contributed by atoms with van der Waals surface area (Å²) in [4.78, 5) is 27.8. The molecule has 0 saturated carbocycles. The highest BCUT2D eigenvalue weighted by Crippen LogP contribution is 2.19. The molecular formula is C25H34N2O2S. The lowest BCUT2D eigenvalue weighted by atomic mass is 10.1. The molecule has 0 heterocycles. The van der Waals surface area contributed by atoms with Crippen molar-refractivity contribution >= 4 is 23.6 Å². The zero-order chi connectivity index (χ0) is 22.1. The van der Waals surface area contributed by atoms with Gasteiger partial charge in [0.2, 0.25) is 11.8 Å². The molecule has 0 aliphatic heterocycles. The van der Waals surface area contributed by atoms with Crippen molar-refractivity contribution in [1.29, 1.82) is 0 Å². The number of nitrogens with zero attached hydrogens (tertiary/aromatic N) is 1. The quantitative estimate of drug-likeness (QED) is 0.590. The Morgan fingerprint density at radius 2 is 1.70 bits per heavy atom. The highest BCUT2D eigenvalue weighted by molar-refractivity contribution is 7.99. The predicted molar refractivity (Wildman–Crippen MR) is 126 cm³/mol. The molecule has 0 aliphatic rings. The summed E-state index contributed by atoms with van der Waals surface area (Å²) in [6, 6.07) is 16.0. The minimum Gasteiger partial charge on any atom is -0.352 e. The Bertz CT molecular complexity index is 833. The van der Waals surface area contributed by atoms with Gasteiger partial charge in [-0.25, -0.2) is 0 Å². The molecule has 0 aromatic heterocycles. The minimum atomic E-state index is -0.473. The molecule has 0 aliphatic carbocycles. The number of carbonyl (C=O) groups is 2. The lowest BCUT2D eigenvalue weighted by molar-refractivity contribution is -0.139. The van der Waals surface area contributed by atoms with Crippen LogP contribution in [0.15, 0.2) is 48.5 Å². The molecule has 0 bridgehead atoms. The van der Waals surface area contributed by atoms with Crippen LogP contribution in [0.1, 0.15) is 49.4 Å². The Morgan fingerprint density at radius 1 is 1.03 bits per heavy atom. The van der Waals surface area contributed by atoms with Crippen LogP contribution < -0.4 is 5.32 Å². The van der Waals surface area contributed by atoms with Crippen molar-refractivity contribution in [1.82, 2.24) is 10.2 Å². The van der Waals surface area contributed by atoms with E-state index in [2.05, 4.69) is 36.5 Å². The van der Waals surface area contributed by atoms with Gasteiger partial charge < -0.3 is 10.2 Å². The van der Waals surface area contributed by atoms with Gasteiger partial charge in [0.25, 0.3) is 0 Å². The molecule has 5 heteroatoms. The van der Waals surface area contributed by atoms with Gasteiger partial charge in [-0.05, 0) is 50.8 Å². The predicted octanol–water partition coefficient (Wildman–Crippen LogP) is 4.87. The molecule has 0 spiro atoms. The van der Waals surface area contributed by atoms with Crippen LogP contribution in [-0.2, 0) is 21.9 Å². The summed E-state index contributed by atoms with van der Waals surface area (Å²) in [7, 11) is 0. The van der Waals surface area contributed by atoms with Crippen LogP contribution in [0.5, 0.6) is 0 Å². The second-order valence-electron chi connectivity index (χ2n) is 8.01. The Labute approximate surface area is 185 Å². The van der Waals surface area contributed by atoms with Gasteiger partial charge in [-0.1, -0.05) is 61.0 Å². The molecule has 0 fully saturated rings. The zero-order valence-corrected chi connectivity index (χ0v) is 19.6. The van der Waals surface area contributed by atoms with Gasteiger partial charge >= 0.3 is 0 Å². The van der Waals surface area contributed by atoms with E-state index in [0.29, 0.717) is 18.7 Å². The third kappa shape index (κ3) is 7.21. The van der Waals surface area contributed by atoms with Crippen molar-refractivity contribution in [3.05, 3.63) is 70.8 Å². The number of carbonyl (C=O) groups excluding carboxylic acids is 2. The van der Waals surface area contributed by atoms with Crippen molar-refractivity contribution < 1.29 is 9.59 Å². The van der Waals surface area contributed by atoms with Crippen LogP contribution in [0, 0.1) is 13.8 Å². The van der Waals surface area contributed by atoms with Crippen molar-refractivity contribution in [2.75, 3.05) is 5.75 Å². The first-order chi connectivity index (χ1) is 14.3. The summed E-state index contributed by atoms with van der Waals surface area (Å²) in [5, 5.41) is 2.98. The third-order valence-corrected chi connectivity index (χ3v) is 6.02. The van der Waals surface area contributed by atoms with Crippen molar-refractivity contribution in [3.8, 4) is 0 Å². The number of benzene rings is 2. The summed E-state index contributed by atoms with van der Waals surface area (Å²) in [5.41, 5.74) is 4.63. The Hall–Kier alpha value is -2.27. The monoisotopic (exact) mass is 426 g/mol. The van der Waals surface area contributed by atoms with Crippen molar-refractivity contribution in [2.45, 2.75) is 65.4 Å². The molecule has 0 radical (unpaired) electrons. The fraction of sp³-hybridized carbons (Fsp3) is 0.440. The van der Waals surface area contributed by atoms with Gasteiger partial charge in [-0.3, -0.25) is 9.59 Å². The van der Waals surface area contributed by atoms with E-state index in [4.69, 9.17) is 0 Å². The first kappa shape index (κ1) is 24.0. The molecule has 0 saturated heterocycles. The van der Waals surface area contributed by atoms with E-state index >= 15 is 0 Å². The Balaban J connectivity index is 2.13. The van der Waals surface area contributed by atoms with Crippen LogP contribution in [0.25, 0.3) is 0 Å². The van der Waals surface area contributed by atoms with Crippen molar-refractivity contribution in [3.63, 3.8) is 0 Å². The first-order valence-electron chi connectivity index (χ1n) is 10.6. The van der Waals surface area contributed by atoms with Gasteiger partial charge in [0.1, 0.15) is 6.04 Å². The number of hydrogen-bond acceptors (Lipinski definition) is 3. The molecule has 2 aromatic rings. The molecule has 30 heavy (non-hydrogen) atoms. The Kier molecular flexibility index (Phi) is 9.44. The van der Waals surface area contributed by atoms with E-state index in [1.54, 1.807) is 16.7 Å². The molecule has 4 nitrogen and oxygen atoms in total. The molecule has 1 N–H and O–H groups in total. The average molecular weight is 427 g/mol. The van der Waals surface area contributed by atoms with Crippen molar-refractivity contribution in [2.24, 2.45) is 0 Å². The van der Waals surface area contributed by atoms with E-state index < -0.39 is 6.04 Å². The molecule has 162 valence electrons. The summed E-state index contributed by atoms with van der Waals surface area (Å²) < 4.78 is 0. The Morgan fingerprint density at radius 3 is 2.30 bits per heavy atom. The van der Waals surface area contributed by atoms with E-state index in [9.17, 15) is 9.59 Å². The normalized spacial score (nSPS) is 11.9. The lowest BCUT2D eigenvalue weighted by Gasteiger charge is -2.31. The number of thioether (sulfide) groups is 1. The molecule has 2 rings (SSSR count). The molecule has 0 unspecified atom stereocenters. The van der Waals surface area contributed by atoms with E-state index in [1.165, 1.54) is 11.1 Å². The van der Waals surface area contributed by atoms with Crippen LogP contribution in [0.4, 0.5) is 0 Å². The number of hydrogen-bond donors (Lipinski definition) is 1. The number of rotatable bonds is 10. The van der Waals surface area contributed by atoms with E-state index in [-0.39, 0.29) is 17.9 Å². The standard InChI is InChI=1S/C25H34N2O2S/c1-6-23(25(29)26-18(2)3)27(15-22-10-8-7-9-20(22)5)24(28)17-30-16-21-13-11-19(4)12-14-21/h7-14,18,23H,6,15-17H2,1-5H3,(H,26,29)/t23-/m0/s1. The van der Waals surface area contributed by atoms with Crippen LogP contribution in [0.2, 0.25) is 0 Å². The lowest BCUT2D eigenvalue weighted by Crippen LogP contribution is -2.51. The maximum Gasteiger partial charge on any atom is 0.243 e. The largest absolute Gasteiger partial charge is 0.352 e. The van der Waals surface area contributed by atoms with Gasteiger partial charge in [-0.15, -0.1) is 11.8 Å². The fourth-order valence-corrected chi connectivity index (χ4v) is 4.17. The smallest absolute Gasteiger partial charge is 0.243 e. The summed E-state index contributed by atoms with van der Waals surface area (Å²) >= 11 is 1.59. The zero-order valence-electron chi connectivity index (χ0n) is 18.8. The summed E-state index contributed by atoms with van der Waals surface area (Å²) in [5.74, 6) is 1.05. The summed E-state index contributed by atoms with van der Waals surface area (Å²) in [6.07, 6.45) is 0.582. The van der Waals surface area contributed by atoms with Gasteiger partial charge in [-0.2, -0.15) is 0 Å². The molecular weight excluding hydrogens is 392 g/mol. The average Bonchev–Trinajstić information content (AvgIpc) is 2.70.